The lowest BCUT2D eigenvalue weighted by Gasteiger charge is -2.33. The van der Waals surface area contributed by atoms with Crippen LogP contribution in [0.4, 0.5) is 17.1 Å². The average molecular weight is 904 g/mol. The zero-order chi connectivity index (χ0) is 47.3. The smallest absolute Gasteiger partial charge is 0.0618 e. The van der Waals surface area contributed by atoms with Gasteiger partial charge in [-0.15, -0.1) is 0 Å². The summed E-state index contributed by atoms with van der Waals surface area (Å²) in [7, 11) is 0. The summed E-state index contributed by atoms with van der Waals surface area (Å²) < 4.78 is 0. The van der Waals surface area contributed by atoms with Crippen LogP contribution in [0.2, 0.25) is 0 Å². The summed E-state index contributed by atoms with van der Waals surface area (Å²) >= 11 is 0. The Kier molecular flexibility index (Phi) is 10.4. The first-order valence-corrected chi connectivity index (χ1v) is 24.7. The molecule has 12 aromatic rings. The third kappa shape index (κ3) is 7.00. The maximum Gasteiger partial charge on any atom is 0.0618 e. The summed E-state index contributed by atoms with van der Waals surface area (Å²) in [5.74, 6) is 0. The van der Waals surface area contributed by atoms with E-state index in [2.05, 4.69) is 291 Å². The van der Waals surface area contributed by atoms with Crippen LogP contribution in [-0.2, 0) is 5.41 Å². The molecule has 0 radical (unpaired) electrons. The van der Waals surface area contributed by atoms with Crippen LogP contribution in [0.15, 0.2) is 279 Å². The molecular formula is C70H49N. The molecule has 13 rings (SSSR count). The normalized spacial score (nSPS) is 13.8. The third-order valence-electron chi connectivity index (χ3n) is 14.9. The number of hydrogen-bond donors (Lipinski definition) is 0. The molecule has 0 spiro atoms. The molecule has 0 bridgehead atoms. The van der Waals surface area contributed by atoms with E-state index in [1.54, 1.807) is 0 Å². The van der Waals surface area contributed by atoms with Gasteiger partial charge >= 0.3 is 0 Å². The number of anilines is 3. The molecule has 12 aromatic carbocycles. The molecule has 1 aliphatic rings. The van der Waals surface area contributed by atoms with Crippen molar-refractivity contribution in [3.05, 3.63) is 296 Å². The molecule has 1 atom stereocenters. The minimum Gasteiger partial charge on any atom is -0.309 e. The molecule has 0 aromatic heterocycles. The van der Waals surface area contributed by atoms with E-state index >= 15 is 0 Å². The second kappa shape index (κ2) is 17.5. The summed E-state index contributed by atoms with van der Waals surface area (Å²) in [6.45, 7) is 2.40. The maximum absolute atomic E-state index is 2.55. The monoisotopic (exact) mass is 903 g/mol. The van der Waals surface area contributed by atoms with Crippen molar-refractivity contribution < 1.29 is 0 Å². The van der Waals surface area contributed by atoms with Gasteiger partial charge in [0.1, 0.15) is 0 Å². The Morgan fingerprint density at radius 2 is 0.746 bits per heavy atom. The van der Waals surface area contributed by atoms with Crippen LogP contribution >= 0.6 is 0 Å². The number of para-hydroxylation sites is 2. The van der Waals surface area contributed by atoms with Gasteiger partial charge in [-0.3, -0.25) is 0 Å². The lowest BCUT2D eigenvalue weighted by molar-refractivity contribution is 0.714. The van der Waals surface area contributed by atoms with Gasteiger partial charge < -0.3 is 4.90 Å². The lowest BCUT2D eigenvalue weighted by Crippen LogP contribution is -2.22. The van der Waals surface area contributed by atoms with Crippen LogP contribution in [0.25, 0.3) is 88.3 Å². The topological polar surface area (TPSA) is 3.24 Å². The van der Waals surface area contributed by atoms with E-state index in [1.807, 2.05) is 0 Å². The molecule has 1 aliphatic carbocycles. The molecule has 0 aliphatic heterocycles. The van der Waals surface area contributed by atoms with Gasteiger partial charge in [-0.25, -0.2) is 0 Å². The number of nitrogens with zero attached hydrogens (tertiary/aromatic N) is 1. The minimum absolute atomic E-state index is 0.323. The second-order valence-electron chi connectivity index (χ2n) is 18.8. The van der Waals surface area contributed by atoms with Crippen molar-refractivity contribution in [1.82, 2.24) is 0 Å². The van der Waals surface area contributed by atoms with Crippen LogP contribution in [0.5, 0.6) is 0 Å². The van der Waals surface area contributed by atoms with E-state index in [0.29, 0.717) is 0 Å². The fourth-order valence-electron chi connectivity index (χ4n) is 11.7. The molecule has 71 heavy (non-hydrogen) atoms. The van der Waals surface area contributed by atoms with E-state index in [-0.39, 0.29) is 5.41 Å². The first kappa shape index (κ1) is 42.1. The Morgan fingerprint density at radius 1 is 0.282 bits per heavy atom. The van der Waals surface area contributed by atoms with Gasteiger partial charge in [0.15, 0.2) is 0 Å². The fraction of sp³-hybridized carbons (Fsp3) is 0.0286. The van der Waals surface area contributed by atoms with Gasteiger partial charge in [0, 0.05) is 27.8 Å². The maximum atomic E-state index is 2.55. The van der Waals surface area contributed by atoms with Crippen molar-refractivity contribution in [1.29, 1.82) is 0 Å². The minimum atomic E-state index is -0.323. The average Bonchev–Trinajstić information content (AvgIpc) is 3.72. The van der Waals surface area contributed by atoms with Gasteiger partial charge in [0.05, 0.1) is 11.4 Å². The zero-order valence-corrected chi connectivity index (χ0v) is 39.5. The highest BCUT2D eigenvalue weighted by molar-refractivity contribution is 6.22. The predicted molar refractivity (Wildman–Crippen MR) is 301 cm³/mol. The van der Waals surface area contributed by atoms with E-state index in [1.165, 1.54) is 71.6 Å². The Labute approximate surface area is 416 Å². The van der Waals surface area contributed by atoms with Gasteiger partial charge in [-0.1, -0.05) is 255 Å². The number of rotatable bonds is 9. The Balaban J connectivity index is 1.11. The zero-order valence-electron chi connectivity index (χ0n) is 39.5. The predicted octanol–water partition coefficient (Wildman–Crippen LogP) is 19.1. The summed E-state index contributed by atoms with van der Waals surface area (Å²) in [5, 5.41) is 4.94. The van der Waals surface area contributed by atoms with Crippen LogP contribution < -0.4 is 4.90 Å². The Hall–Kier alpha value is -9.04. The lowest BCUT2D eigenvalue weighted by atomic mass is 9.74. The molecule has 0 saturated heterocycles. The molecule has 334 valence electrons. The summed E-state index contributed by atoms with van der Waals surface area (Å²) in [6, 6.07) is 103. The van der Waals surface area contributed by atoms with E-state index < -0.39 is 0 Å². The van der Waals surface area contributed by atoms with Crippen molar-refractivity contribution >= 4 is 38.6 Å². The highest BCUT2D eigenvalue weighted by atomic mass is 15.2. The van der Waals surface area contributed by atoms with E-state index in [9.17, 15) is 0 Å². The third-order valence-corrected chi connectivity index (χ3v) is 14.9. The second-order valence-corrected chi connectivity index (χ2v) is 18.8. The standard InChI is InChI=1S/C70H49N/c1-70(53-32-15-6-16-33-53)64-40-21-19-36-60(64)62-47-54(43-45-65(62)70)71(69-56(48-24-7-2-8-25-48)38-23-39-57(69)49-26-9-3-10-27-49)66-41-22-20-34-55(66)52-42-44-59-58-35-17-18-37-61(58)67(50-28-11-4-12-29-50)68(63(59)46-52)51-30-13-5-14-31-51/h2-47H,1H3. The Morgan fingerprint density at radius 3 is 1.38 bits per heavy atom. The summed E-state index contributed by atoms with van der Waals surface area (Å²) in [5.41, 5.74) is 21.2. The summed E-state index contributed by atoms with van der Waals surface area (Å²) in [6.07, 6.45) is 0. The number of fused-ring (bicyclic) bond motifs is 6. The highest BCUT2D eigenvalue weighted by Crippen LogP contribution is 2.56. The SMILES string of the molecule is CC1(c2ccccc2)c2ccccc2-c2cc(N(c3ccccc3-c3ccc4c(c3)c(-c3ccccc3)c(-c3ccccc3)c3ccccc34)c3c(-c4ccccc4)cccc3-c3ccccc3)ccc21. The molecular weight excluding hydrogens is 855 g/mol. The molecule has 0 N–H and O–H groups in total. The molecule has 0 fully saturated rings. The quantitative estimate of drug-likeness (QED) is 0.130. The van der Waals surface area contributed by atoms with E-state index in [0.717, 1.165) is 50.4 Å². The van der Waals surface area contributed by atoms with E-state index in [4.69, 9.17) is 0 Å². The van der Waals surface area contributed by atoms with Gasteiger partial charge in [-0.2, -0.15) is 0 Å². The fourth-order valence-corrected chi connectivity index (χ4v) is 11.7. The van der Waals surface area contributed by atoms with Gasteiger partial charge in [-0.05, 0) is 119 Å². The molecule has 0 amide bonds. The molecule has 1 heteroatoms. The van der Waals surface area contributed by atoms with Crippen LogP contribution in [0.1, 0.15) is 23.6 Å². The Bertz CT molecular complexity index is 3860. The van der Waals surface area contributed by atoms with Crippen molar-refractivity contribution in [2.45, 2.75) is 12.3 Å². The van der Waals surface area contributed by atoms with Crippen molar-refractivity contribution in [3.63, 3.8) is 0 Å². The van der Waals surface area contributed by atoms with Crippen LogP contribution in [0.3, 0.4) is 0 Å². The molecule has 1 nitrogen and oxygen atoms in total. The van der Waals surface area contributed by atoms with Crippen molar-refractivity contribution in [3.8, 4) is 66.8 Å². The first-order chi connectivity index (χ1) is 35.1. The van der Waals surface area contributed by atoms with Gasteiger partial charge in [0.2, 0.25) is 0 Å². The number of benzene rings is 12. The summed E-state index contributed by atoms with van der Waals surface area (Å²) in [4.78, 5) is 2.55. The molecule has 0 heterocycles. The number of hydrogen-bond acceptors (Lipinski definition) is 1. The largest absolute Gasteiger partial charge is 0.309 e. The molecule has 0 saturated carbocycles. The van der Waals surface area contributed by atoms with Crippen LogP contribution in [0, 0.1) is 0 Å². The van der Waals surface area contributed by atoms with Crippen LogP contribution in [-0.4, -0.2) is 0 Å². The van der Waals surface area contributed by atoms with Crippen molar-refractivity contribution in [2.24, 2.45) is 0 Å². The van der Waals surface area contributed by atoms with Crippen molar-refractivity contribution in [2.75, 3.05) is 4.90 Å². The molecule has 1 unspecified atom stereocenters. The van der Waals surface area contributed by atoms with Gasteiger partial charge in [0.25, 0.3) is 0 Å². The first-order valence-electron chi connectivity index (χ1n) is 24.7. The highest BCUT2D eigenvalue weighted by Gasteiger charge is 2.41.